The van der Waals surface area contributed by atoms with Crippen molar-refractivity contribution in [2.24, 2.45) is 10.9 Å². The largest absolute Gasteiger partial charge is 0.442 e. The molecule has 0 amide bonds. The first-order valence-electron chi connectivity index (χ1n) is 16.2. The van der Waals surface area contributed by atoms with Crippen molar-refractivity contribution in [1.82, 2.24) is 5.32 Å². The van der Waals surface area contributed by atoms with Crippen LogP contribution in [0.4, 0.5) is 0 Å². The van der Waals surface area contributed by atoms with E-state index in [1.54, 1.807) is 10.8 Å². The summed E-state index contributed by atoms with van der Waals surface area (Å²) in [6.07, 6.45) is 14.4. The molecule has 6 rings (SSSR count). The molecule has 1 aliphatic carbocycles. The summed E-state index contributed by atoms with van der Waals surface area (Å²) in [5, 5.41) is 4.94. The first kappa shape index (κ1) is 29.6. The molecule has 224 valence electrons. The van der Waals surface area contributed by atoms with Crippen LogP contribution >= 0.6 is 0 Å². The number of aliphatic imine (C=N–C) groups is 1. The lowest BCUT2D eigenvalue weighted by Crippen LogP contribution is -2.54. The van der Waals surface area contributed by atoms with Gasteiger partial charge in [-0.2, -0.15) is 4.57 Å². The Kier molecular flexibility index (Phi) is 8.21. The number of nitrogens with zero attached hydrogens (tertiary/aromatic N) is 2. The highest BCUT2D eigenvalue weighted by Gasteiger charge is 2.43. The van der Waals surface area contributed by atoms with Crippen LogP contribution in [0.1, 0.15) is 68.0 Å². The Bertz CT molecular complexity index is 1550. The lowest BCUT2D eigenvalue weighted by Gasteiger charge is -2.34. The van der Waals surface area contributed by atoms with E-state index in [9.17, 15) is 0 Å². The molecular weight excluding hydrogens is 543 g/mol. The maximum Gasteiger partial charge on any atom is 0.213 e. The summed E-state index contributed by atoms with van der Waals surface area (Å²) in [5.74, 6) is 2.20. The zero-order chi connectivity index (χ0) is 30.3. The number of allylic oxidation sites excluding steroid dienone is 2. The maximum atomic E-state index is 5.92. The standard InChI is InChI=1S/C38H48N3OSi/c1-8-34-37-26(3)42-27(4)39-23-29(37)18-19-33-31-16-12-13-17-32(31)35-21-30(20-28-14-10-9-11-15-28)36(43(5,6)7)24-41(35)38(33)25(2)22-40-34/h8,12-13,16-17,21,24,28,33,38-39H,1-4,9-11,14-15,18-20,22-23H2,5-7H3/q+1/b40-34-. The minimum absolute atomic E-state index is 0.133. The third-order valence-electron chi connectivity index (χ3n) is 10.0. The van der Waals surface area contributed by atoms with Gasteiger partial charge < -0.3 is 10.1 Å². The van der Waals surface area contributed by atoms with Crippen LogP contribution in [0, 0.1) is 5.92 Å². The summed E-state index contributed by atoms with van der Waals surface area (Å²) in [6.45, 7) is 25.8. The third kappa shape index (κ3) is 5.76. The molecule has 3 aliphatic heterocycles. The van der Waals surface area contributed by atoms with Crippen LogP contribution in [0.2, 0.25) is 19.6 Å². The molecule has 0 radical (unpaired) electrons. The van der Waals surface area contributed by atoms with Crippen LogP contribution in [-0.2, 0) is 11.2 Å². The molecule has 1 fully saturated rings. The van der Waals surface area contributed by atoms with E-state index >= 15 is 0 Å². The number of nitrogens with one attached hydrogen (secondary N) is 1. The number of benzene rings is 1. The smallest absolute Gasteiger partial charge is 0.213 e. The number of hydrogen-bond acceptors (Lipinski definition) is 3. The van der Waals surface area contributed by atoms with Gasteiger partial charge in [-0.25, -0.2) is 0 Å². The van der Waals surface area contributed by atoms with Crippen molar-refractivity contribution in [1.29, 1.82) is 0 Å². The minimum atomic E-state index is -1.63. The van der Waals surface area contributed by atoms with Crippen molar-refractivity contribution in [3.63, 3.8) is 0 Å². The zero-order valence-electron chi connectivity index (χ0n) is 26.5. The predicted octanol–water partition coefficient (Wildman–Crippen LogP) is 7.83. The molecule has 5 heteroatoms. The Balaban J connectivity index is 1.50. The number of hydrogen-bond donors (Lipinski definition) is 1. The summed E-state index contributed by atoms with van der Waals surface area (Å²) < 4.78 is 8.52. The lowest BCUT2D eigenvalue weighted by molar-refractivity contribution is -0.708. The zero-order valence-corrected chi connectivity index (χ0v) is 27.5. The van der Waals surface area contributed by atoms with E-state index in [1.165, 1.54) is 60.9 Å². The number of rotatable bonds is 4. The van der Waals surface area contributed by atoms with Crippen LogP contribution in [0.25, 0.3) is 11.3 Å². The molecule has 2 unspecified atom stereocenters. The Morgan fingerprint density at radius 1 is 1.07 bits per heavy atom. The molecule has 1 N–H and O–H groups in total. The van der Waals surface area contributed by atoms with E-state index in [-0.39, 0.29) is 12.0 Å². The molecule has 4 heterocycles. The molecule has 0 saturated heterocycles. The minimum Gasteiger partial charge on any atom is -0.442 e. The lowest BCUT2D eigenvalue weighted by atomic mass is 9.76. The normalized spacial score (nSPS) is 24.3. The number of fused-ring (bicyclic) bond motifs is 6. The van der Waals surface area contributed by atoms with Gasteiger partial charge >= 0.3 is 0 Å². The number of aromatic nitrogens is 1. The second-order valence-corrected chi connectivity index (χ2v) is 19.0. The summed E-state index contributed by atoms with van der Waals surface area (Å²) in [4.78, 5) is 5.11. The fourth-order valence-corrected chi connectivity index (χ4v) is 9.60. The van der Waals surface area contributed by atoms with Gasteiger partial charge in [-0.05, 0) is 60.6 Å². The van der Waals surface area contributed by atoms with E-state index < -0.39 is 8.07 Å². The van der Waals surface area contributed by atoms with Crippen molar-refractivity contribution in [2.75, 3.05) is 13.1 Å². The Labute approximate surface area is 259 Å². The quantitative estimate of drug-likeness (QED) is 0.224. The van der Waals surface area contributed by atoms with Crippen LogP contribution in [-0.4, -0.2) is 26.9 Å². The first-order chi connectivity index (χ1) is 20.7. The molecule has 2 aromatic rings. The SMILES string of the molecule is C=C/C1=N/CC(=C)C2C(CCC3=C1C(=C)OC(=C)NC3)c1ccccc1-c1cc(CC3CCCCC3)c([Si](C)(C)C)c[n+]12. The molecule has 0 bridgehead atoms. The second kappa shape index (κ2) is 11.9. The van der Waals surface area contributed by atoms with Crippen LogP contribution in [0.15, 0.2) is 102 Å². The van der Waals surface area contributed by atoms with Gasteiger partial charge in [0.2, 0.25) is 5.69 Å². The van der Waals surface area contributed by atoms with E-state index in [4.69, 9.17) is 16.3 Å². The number of pyridine rings is 1. The molecule has 1 saturated carbocycles. The molecule has 43 heavy (non-hydrogen) atoms. The maximum absolute atomic E-state index is 5.92. The molecular formula is C38H48N3OSi+. The van der Waals surface area contributed by atoms with Crippen molar-refractivity contribution in [3.05, 3.63) is 108 Å². The molecule has 1 aromatic heterocycles. The average molecular weight is 591 g/mol. The molecule has 1 aromatic carbocycles. The van der Waals surface area contributed by atoms with E-state index in [1.807, 2.05) is 6.08 Å². The summed E-state index contributed by atoms with van der Waals surface area (Å²) >= 11 is 0. The van der Waals surface area contributed by atoms with Crippen LogP contribution in [0.5, 0.6) is 0 Å². The third-order valence-corrected chi connectivity index (χ3v) is 12.1. The van der Waals surface area contributed by atoms with Gasteiger partial charge in [0, 0.05) is 34.5 Å². The van der Waals surface area contributed by atoms with Crippen molar-refractivity contribution >= 4 is 19.0 Å². The second-order valence-electron chi connectivity index (χ2n) is 14.0. The van der Waals surface area contributed by atoms with E-state index in [2.05, 4.69) is 85.8 Å². The van der Waals surface area contributed by atoms with Gasteiger partial charge in [0.1, 0.15) is 5.76 Å². The fourth-order valence-electron chi connectivity index (χ4n) is 7.93. The molecule has 2 atom stereocenters. The highest BCUT2D eigenvalue weighted by atomic mass is 28.3. The van der Waals surface area contributed by atoms with Gasteiger partial charge in [-0.1, -0.05) is 89.7 Å². The summed E-state index contributed by atoms with van der Waals surface area (Å²) in [6, 6.07) is 11.8. The highest BCUT2D eigenvalue weighted by molar-refractivity contribution is 6.89. The molecule has 4 aliphatic rings. The topological polar surface area (TPSA) is 37.5 Å². The van der Waals surface area contributed by atoms with Gasteiger partial charge in [0.25, 0.3) is 0 Å². The monoisotopic (exact) mass is 590 g/mol. The summed E-state index contributed by atoms with van der Waals surface area (Å²) in [7, 11) is -1.63. The first-order valence-corrected chi connectivity index (χ1v) is 19.7. The number of ether oxygens (including phenoxy) is 1. The van der Waals surface area contributed by atoms with Crippen molar-refractivity contribution in [2.45, 2.75) is 83.0 Å². The van der Waals surface area contributed by atoms with Gasteiger partial charge in [-0.15, -0.1) is 0 Å². The summed E-state index contributed by atoms with van der Waals surface area (Å²) in [5.41, 5.74) is 9.87. The van der Waals surface area contributed by atoms with Crippen molar-refractivity contribution < 1.29 is 9.30 Å². The van der Waals surface area contributed by atoms with Crippen LogP contribution in [0.3, 0.4) is 0 Å². The molecule has 4 nitrogen and oxygen atoms in total. The average Bonchev–Trinajstić information content (AvgIpc) is 3.12. The van der Waals surface area contributed by atoms with Crippen molar-refractivity contribution in [3.8, 4) is 11.3 Å². The van der Waals surface area contributed by atoms with Crippen LogP contribution < -0.4 is 15.1 Å². The Morgan fingerprint density at radius 2 is 1.84 bits per heavy atom. The van der Waals surface area contributed by atoms with E-state index in [0.29, 0.717) is 24.7 Å². The highest BCUT2D eigenvalue weighted by Crippen LogP contribution is 2.45. The Morgan fingerprint density at radius 3 is 2.58 bits per heavy atom. The molecule has 0 spiro atoms. The predicted molar refractivity (Wildman–Crippen MR) is 182 cm³/mol. The van der Waals surface area contributed by atoms with Gasteiger partial charge in [0.15, 0.2) is 18.1 Å². The van der Waals surface area contributed by atoms with Gasteiger partial charge in [0.05, 0.1) is 26.2 Å². The Hall–Kier alpha value is -3.44. The fraction of sp³-hybridized carbons (Fsp3) is 0.421. The van der Waals surface area contributed by atoms with E-state index in [0.717, 1.165) is 35.6 Å². The van der Waals surface area contributed by atoms with Gasteiger partial charge in [-0.3, -0.25) is 4.99 Å².